The second kappa shape index (κ2) is 5.46. The largest absolute Gasteiger partial charge is 0.396 e. The molecule has 2 aromatic carbocycles. The van der Waals surface area contributed by atoms with Crippen molar-refractivity contribution in [1.29, 1.82) is 0 Å². The molecular weight excluding hydrogens is 340 g/mol. The highest BCUT2D eigenvalue weighted by atomic mass is 79.9. The molecule has 0 aliphatic heterocycles. The van der Waals surface area contributed by atoms with Crippen molar-refractivity contribution in [2.45, 2.75) is 11.8 Å². The van der Waals surface area contributed by atoms with Gasteiger partial charge in [0.1, 0.15) is 0 Å². The summed E-state index contributed by atoms with van der Waals surface area (Å²) >= 11 is 3.42. The average molecular weight is 355 g/mol. The van der Waals surface area contributed by atoms with Crippen LogP contribution >= 0.6 is 15.9 Å². The number of nitrogens with one attached hydrogen (secondary N) is 1. The lowest BCUT2D eigenvalue weighted by molar-refractivity contribution is 0.602. The van der Waals surface area contributed by atoms with Gasteiger partial charge in [-0.1, -0.05) is 22.0 Å². The SMILES string of the molecule is Cc1cc(Br)cc(Nc2cccc(S(C)(=O)=O)c2N)c1. The fourth-order valence-electron chi connectivity index (χ4n) is 1.94. The molecule has 3 N–H and O–H groups in total. The molecule has 20 heavy (non-hydrogen) atoms. The Balaban J connectivity index is 2.44. The van der Waals surface area contributed by atoms with Gasteiger partial charge in [-0.2, -0.15) is 0 Å². The topological polar surface area (TPSA) is 72.2 Å². The minimum atomic E-state index is -3.34. The molecule has 6 heteroatoms. The van der Waals surface area contributed by atoms with Crippen LogP contribution in [0.3, 0.4) is 0 Å². The van der Waals surface area contributed by atoms with E-state index in [9.17, 15) is 8.42 Å². The molecule has 4 nitrogen and oxygen atoms in total. The maximum absolute atomic E-state index is 11.7. The standard InChI is InChI=1S/C14H15BrN2O2S/c1-9-6-10(15)8-11(7-9)17-12-4-3-5-13(14(12)16)20(2,18)19/h3-8,17H,16H2,1-2H3. The van der Waals surface area contributed by atoms with Gasteiger partial charge in [-0.15, -0.1) is 0 Å². The van der Waals surface area contributed by atoms with E-state index in [0.717, 1.165) is 22.0 Å². The fraction of sp³-hybridized carbons (Fsp3) is 0.143. The lowest BCUT2D eigenvalue weighted by Gasteiger charge is -2.13. The Morgan fingerprint density at radius 1 is 1.20 bits per heavy atom. The van der Waals surface area contributed by atoms with E-state index in [1.165, 1.54) is 6.07 Å². The number of nitrogens with two attached hydrogens (primary N) is 1. The summed E-state index contributed by atoms with van der Waals surface area (Å²) in [6, 6.07) is 10.8. The molecule has 0 aromatic heterocycles. The van der Waals surface area contributed by atoms with Crippen LogP contribution < -0.4 is 11.1 Å². The predicted octanol–water partition coefficient (Wildman–Crippen LogP) is 3.49. The number of hydrogen-bond donors (Lipinski definition) is 2. The molecule has 0 saturated carbocycles. The quantitative estimate of drug-likeness (QED) is 0.827. The normalized spacial score (nSPS) is 11.3. The highest BCUT2D eigenvalue weighted by Gasteiger charge is 2.14. The van der Waals surface area contributed by atoms with E-state index >= 15 is 0 Å². The van der Waals surface area contributed by atoms with Crippen molar-refractivity contribution in [2.75, 3.05) is 17.3 Å². The summed E-state index contributed by atoms with van der Waals surface area (Å²) in [5.41, 5.74) is 8.67. The van der Waals surface area contributed by atoms with Crippen LogP contribution in [0.15, 0.2) is 45.8 Å². The molecular formula is C14H15BrN2O2S. The van der Waals surface area contributed by atoms with E-state index < -0.39 is 9.84 Å². The summed E-state index contributed by atoms with van der Waals surface area (Å²) in [6.45, 7) is 1.98. The van der Waals surface area contributed by atoms with E-state index in [0.29, 0.717) is 5.69 Å². The van der Waals surface area contributed by atoms with Gasteiger partial charge >= 0.3 is 0 Å². The number of aryl methyl sites for hydroxylation is 1. The Morgan fingerprint density at radius 3 is 2.50 bits per heavy atom. The Hall–Kier alpha value is -1.53. The second-order valence-electron chi connectivity index (χ2n) is 4.63. The van der Waals surface area contributed by atoms with Gasteiger partial charge in [-0.05, 0) is 42.8 Å². The molecule has 0 saturated heterocycles. The third-order valence-electron chi connectivity index (χ3n) is 2.79. The third kappa shape index (κ3) is 3.32. The summed E-state index contributed by atoms with van der Waals surface area (Å²) in [5.74, 6) is 0. The Labute approximate surface area is 127 Å². The summed E-state index contributed by atoms with van der Waals surface area (Å²) in [5, 5.41) is 3.15. The minimum Gasteiger partial charge on any atom is -0.396 e. The molecule has 0 unspecified atom stereocenters. The maximum Gasteiger partial charge on any atom is 0.177 e. The van der Waals surface area contributed by atoms with Crippen molar-refractivity contribution in [3.8, 4) is 0 Å². The van der Waals surface area contributed by atoms with E-state index in [4.69, 9.17) is 5.73 Å². The number of hydrogen-bond acceptors (Lipinski definition) is 4. The Morgan fingerprint density at radius 2 is 1.90 bits per heavy atom. The van der Waals surface area contributed by atoms with Crippen LogP contribution in [0.1, 0.15) is 5.56 Å². The van der Waals surface area contributed by atoms with E-state index in [1.807, 2.05) is 25.1 Å². The highest BCUT2D eigenvalue weighted by Crippen LogP contribution is 2.30. The third-order valence-corrected chi connectivity index (χ3v) is 4.40. The summed E-state index contributed by atoms with van der Waals surface area (Å²) in [6.07, 6.45) is 1.14. The smallest absolute Gasteiger partial charge is 0.177 e. The van der Waals surface area contributed by atoms with Crippen molar-refractivity contribution in [1.82, 2.24) is 0 Å². The molecule has 0 aliphatic rings. The van der Waals surface area contributed by atoms with Crippen LogP contribution in [0.2, 0.25) is 0 Å². The molecule has 0 fully saturated rings. The number of benzene rings is 2. The number of rotatable bonds is 3. The number of para-hydroxylation sites is 1. The zero-order chi connectivity index (χ0) is 14.9. The molecule has 0 heterocycles. The Bertz CT molecular complexity index is 738. The molecule has 2 rings (SSSR count). The van der Waals surface area contributed by atoms with Crippen molar-refractivity contribution in [3.63, 3.8) is 0 Å². The van der Waals surface area contributed by atoms with Gasteiger partial charge in [-0.25, -0.2) is 8.42 Å². The average Bonchev–Trinajstić information content (AvgIpc) is 2.29. The van der Waals surface area contributed by atoms with Gasteiger partial charge in [0.05, 0.1) is 16.3 Å². The zero-order valence-corrected chi connectivity index (χ0v) is 13.5. The van der Waals surface area contributed by atoms with Crippen molar-refractivity contribution in [3.05, 3.63) is 46.4 Å². The molecule has 0 radical (unpaired) electrons. The first-order chi connectivity index (χ1) is 9.27. The van der Waals surface area contributed by atoms with Gasteiger partial charge in [0.15, 0.2) is 9.84 Å². The lowest BCUT2D eigenvalue weighted by atomic mass is 10.2. The first kappa shape index (κ1) is 14.9. The van der Waals surface area contributed by atoms with Crippen molar-refractivity contribution < 1.29 is 8.42 Å². The van der Waals surface area contributed by atoms with Crippen LogP contribution in [-0.4, -0.2) is 14.7 Å². The molecule has 0 atom stereocenters. The van der Waals surface area contributed by atoms with Crippen LogP contribution in [-0.2, 0) is 9.84 Å². The van der Waals surface area contributed by atoms with Crippen LogP contribution in [0, 0.1) is 6.92 Å². The Kier molecular flexibility index (Phi) is 4.06. The monoisotopic (exact) mass is 354 g/mol. The summed E-state index contributed by atoms with van der Waals surface area (Å²) in [7, 11) is -3.34. The maximum atomic E-state index is 11.7. The molecule has 2 aromatic rings. The van der Waals surface area contributed by atoms with Gasteiger partial charge in [0, 0.05) is 16.4 Å². The van der Waals surface area contributed by atoms with Gasteiger partial charge in [-0.3, -0.25) is 0 Å². The van der Waals surface area contributed by atoms with Crippen molar-refractivity contribution >= 4 is 42.8 Å². The fourth-order valence-corrected chi connectivity index (χ4v) is 3.38. The van der Waals surface area contributed by atoms with Crippen molar-refractivity contribution in [2.24, 2.45) is 0 Å². The second-order valence-corrected chi connectivity index (χ2v) is 7.53. The summed E-state index contributed by atoms with van der Waals surface area (Å²) in [4.78, 5) is 0.134. The van der Waals surface area contributed by atoms with E-state index in [2.05, 4.69) is 21.2 Å². The van der Waals surface area contributed by atoms with E-state index in [-0.39, 0.29) is 10.6 Å². The minimum absolute atomic E-state index is 0.134. The molecule has 106 valence electrons. The van der Waals surface area contributed by atoms with Gasteiger partial charge in [0.2, 0.25) is 0 Å². The van der Waals surface area contributed by atoms with Gasteiger partial charge in [0.25, 0.3) is 0 Å². The lowest BCUT2D eigenvalue weighted by Crippen LogP contribution is -2.05. The van der Waals surface area contributed by atoms with Crippen LogP contribution in [0.25, 0.3) is 0 Å². The molecule has 0 amide bonds. The number of halogens is 1. The van der Waals surface area contributed by atoms with E-state index in [1.54, 1.807) is 12.1 Å². The number of nitrogen functional groups attached to an aromatic ring is 1. The molecule has 0 bridgehead atoms. The predicted molar refractivity (Wildman–Crippen MR) is 86.1 cm³/mol. The highest BCUT2D eigenvalue weighted by molar-refractivity contribution is 9.10. The first-order valence-corrected chi connectivity index (χ1v) is 8.58. The van der Waals surface area contributed by atoms with Crippen LogP contribution in [0.4, 0.5) is 17.1 Å². The molecule has 0 aliphatic carbocycles. The van der Waals surface area contributed by atoms with Crippen LogP contribution in [0.5, 0.6) is 0 Å². The first-order valence-electron chi connectivity index (χ1n) is 5.90. The van der Waals surface area contributed by atoms with Gasteiger partial charge < -0.3 is 11.1 Å². The number of sulfone groups is 1. The molecule has 0 spiro atoms. The summed E-state index contributed by atoms with van der Waals surface area (Å²) < 4.78 is 24.2. The zero-order valence-electron chi connectivity index (χ0n) is 11.1. The number of anilines is 3.